The molecule has 0 unspecified atom stereocenters. The van der Waals surface area contributed by atoms with E-state index in [0.29, 0.717) is 26.2 Å². The molecule has 8 nitrogen and oxygen atoms in total. The van der Waals surface area contributed by atoms with E-state index < -0.39 is 11.7 Å². The van der Waals surface area contributed by atoms with E-state index in [-0.39, 0.29) is 24.8 Å². The summed E-state index contributed by atoms with van der Waals surface area (Å²) in [4.78, 5) is 39.8. The lowest BCUT2D eigenvalue weighted by Gasteiger charge is -2.34. The third-order valence-corrected chi connectivity index (χ3v) is 4.46. The van der Waals surface area contributed by atoms with Gasteiger partial charge in [-0.2, -0.15) is 0 Å². The van der Waals surface area contributed by atoms with Crippen LogP contribution < -0.4 is 10.1 Å². The van der Waals surface area contributed by atoms with Gasteiger partial charge in [0.15, 0.2) is 0 Å². The van der Waals surface area contributed by atoms with Crippen LogP contribution in [0.4, 0.5) is 4.79 Å². The lowest BCUT2D eigenvalue weighted by atomic mass is 10.2. The van der Waals surface area contributed by atoms with Crippen molar-refractivity contribution < 1.29 is 23.9 Å². The molecule has 0 atom stereocenters. The SMILES string of the molecule is COc1cccc(/C=C/C(=O)N2CCN(C(=O)CCNC(=O)OC(C)(C)C)CC2)c1. The Morgan fingerprint density at radius 3 is 2.40 bits per heavy atom. The zero-order valence-corrected chi connectivity index (χ0v) is 18.1. The van der Waals surface area contributed by atoms with E-state index in [4.69, 9.17) is 9.47 Å². The molecule has 1 N–H and O–H groups in total. The van der Waals surface area contributed by atoms with Crippen LogP contribution in [0.3, 0.4) is 0 Å². The van der Waals surface area contributed by atoms with E-state index >= 15 is 0 Å². The molecule has 8 heteroatoms. The fourth-order valence-corrected chi connectivity index (χ4v) is 2.94. The highest BCUT2D eigenvalue weighted by molar-refractivity contribution is 5.92. The lowest BCUT2D eigenvalue weighted by molar-refractivity contribution is -0.137. The molecule has 0 bridgehead atoms. The number of benzene rings is 1. The number of hydrogen-bond donors (Lipinski definition) is 1. The van der Waals surface area contributed by atoms with Crippen LogP contribution in [0.2, 0.25) is 0 Å². The van der Waals surface area contributed by atoms with Gasteiger partial charge in [0, 0.05) is 45.2 Å². The molecule has 1 saturated heterocycles. The Labute approximate surface area is 177 Å². The van der Waals surface area contributed by atoms with Gasteiger partial charge in [0.05, 0.1) is 7.11 Å². The molecule has 1 aliphatic rings. The normalized spacial score (nSPS) is 14.5. The summed E-state index contributed by atoms with van der Waals surface area (Å²) < 4.78 is 10.3. The number of nitrogens with one attached hydrogen (secondary N) is 1. The van der Waals surface area contributed by atoms with E-state index in [9.17, 15) is 14.4 Å². The number of hydrogen-bond acceptors (Lipinski definition) is 5. The molecule has 30 heavy (non-hydrogen) atoms. The standard InChI is InChI=1S/C22H31N3O5/c1-22(2,3)30-21(28)23-11-10-20(27)25-14-12-24(13-15-25)19(26)9-8-17-6-5-7-18(16-17)29-4/h5-9,16H,10-15H2,1-4H3,(H,23,28)/b9-8+. The van der Waals surface area contributed by atoms with E-state index in [1.165, 1.54) is 6.08 Å². The summed E-state index contributed by atoms with van der Waals surface area (Å²) in [7, 11) is 1.60. The van der Waals surface area contributed by atoms with Crippen molar-refractivity contribution in [2.75, 3.05) is 39.8 Å². The molecule has 1 aromatic carbocycles. The van der Waals surface area contributed by atoms with Crippen LogP contribution in [0.25, 0.3) is 6.08 Å². The van der Waals surface area contributed by atoms with Crippen molar-refractivity contribution in [2.45, 2.75) is 32.8 Å². The molecule has 1 heterocycles. The van der Waals surface area contributed by atoms with Crippen LogP contribution in [0.15, 0.2) is 30.3 Å². The third-order valence-electron chi connectivity index (χ3n) is 4.46. The minimum Gasteiger partial charge on any atom is -0.497 e. The molecule has 1 aromatic rings. The number of carbonyl (C=O) groups is 3. The highest BCUT2D eigenvalue weighted by Crippen LogP contribution is 2.14. The Bertz CT molecular complexity index is 777. The fraction of sp³-hybridized carbons (Fsp3) is 0.500. The minimum atomic E-state index is -0.571. The average molecular weight is 418 g/mol. The Morgan fingerprint density at radius 2 is 1.77 bits per heavy atom. The van der Waals surface area contributed by atoms with Gasteiger partial charge in [-0.05, 0) is 44.5 Å². The molecule has 0 radical (unpaired) electrons. The number of nitrogens with zero attached hydrogens (tertiary/aromatic N) is 2. The summed E-state index contributed by atoms with van der Waals surface area (Å²) >= 11 is 0. The molecule has 0 spiro atoms. The first-order valence-electron chi connectivity index (χ1n) is 10.0. The number of alkyl carbamates (subject to hydrolysis) is 1. The monoisotopic (exact) mass is 417 g/mol. The third kappa shape index (κ3) is 7.77. The van der Waals surface area contributed by atoms with Crippen molar-refractivity contribution in [3.05, 3.63) is 35.9 Å². The smallest absolute Gasteiger partial charge is 0.407 e. The maximum absolute atomic E-state index is 12.4. The van der Waals surface area contributed by atoms with Gasteiger partial charge in [0.1, 0.15) is 11.4 Å². The van der Waals surface area contributed by atoms with Gasteiger partial charge in [-0.15, -0.1) is 0 Å². The van der Waals surface area contributed by atoms with Crippen LogP contribution in [0, 0.1) is 0 Å². The highest BCUT2D eigenvalue weighted by atomic mass is 16.6. The first-order valence-corrected chi connectivity index (χ1v) is 10.0. The highest BCUT2D eigenvalue weighted by Gasteiger charge is 2.23. The summed E-state index contributed by atoms with van der Waals surface area (Å²) in [6.45, 7) is 7.47. The number of amides is 3. The molecule has 2 rings (SSSR count). The number of piperazine rings is 1. The van der Waals surface area contributed by atoms with E-state index in [2.05, 4.69) is 5.32 Å². The molecule has 0 aromatic heterocycles. The van der Waals surface area contributed by atoms with Crippen molar-refractivity contribution in [3.8, 4) is 5.75 Å². The van der Waals surface area contributed by atoms with Crippen LogP contribution in [-0.2, 0) is 14.3 Å². The number of ether oxygens (including phenoxy) is 2. The van der Waals surface area contributed by atoms with E-state index in [1.54, 1.807) is 43.8 Å². The second-order valence-corrected chi connectivity index (χ2v) is 7.99. The van der Waals surface area contributed by atoms with Gasteiger partial charge >= 0.3 is 6.09 Å². The van der Waals surface area contributed by atoms with Crippen molar-refractivity contribution >= 4 is 24.0 Å². The topological polar surface area (TPSA) is 88.2 Å². The maximum Gasteiger partial charge on any atom is 0.407 e. The van der Waals surface area contributed by atoms with Crippen LogP contribution in [-0.4, -0.2) is 73.1 Å². The van der Waals surface area contributed by atoms with Gasteiger partial charge in [0.25, 0.3) is 0 Å². The van der Waals surface area contributed by atoms with E-state index in [1.807, 2.05) is 24.3 Å². The molecule has 164 valence electrons. The van der Waals surface area contributed by atoms with Crippen LogP contribution in [0.1, 0.15) is 32.8 Å². The summed E-state index contributed by atoms with van der Waals surface area (Å²) in [5.74, 6) is 0.597. The summed E-state index contributed by atoms with van der Waals surface area (Å²) in [6, 6.07) is 7.46. The Hall–Kier alpha value is -3.03. The average Bonchev–Trinajstić information content (AvgIpc) is 2.71. The quantitative estimate of drug-likeness (QED) is 0.718. The first-order chi connectivity index (χ1) is 14.2. The molecule has 1 aliphatic heterocycles. The van der Waals surface area contributed by atoms with Gasteiger partial charge in [-0.25, -0.2) is 4.79 Å². The van der Waals surface area contributed by atoms with Crippen LogP contribution in [0.5, 0.6) is 5.75 Å². The van der Waals surface area contributed by atoms with Crippen molar-refractivity contribution in [1.82, 2.24) is 15.1 Å². The van der Waals surface area contributed by atoms with Crippen molar-refractivity contribution in [1.29, 1.82) is 0 Å². The molecule has 3 amide bonds. The van der Waals surface area contributed by atoms with Crippen LogP contribution >= 0.6 is 0 Å². The maximum atomic E-state index is 12.4. The van der Waals surface area contributed by atoms with Crippen molar-refractivity contribution in [3.63, 3.8) is 0 Å². The zero-order chi connectivity index (χ0) is 22.1. The Balaban J connectivity index is 1.73. The molecule has 0 saturated carbocycles. The second-order valence-electron chi connectivity index (χ2n) is 7.99. The van der Waals surface area contributed by atoms with Gasteiger partial charge < -0.3 is 24.6 Å². The zero-order valence-electron chi connectivity index (χ0n) is 18.1. The molecule has 1 fully saturated rings. The number of carbonyl (C=O) groups excluding carboxylic acids is 3. The number of rotatable bonds is 6. The van der Waals surface area contributed by atoms with Gasteiger partial charge in [-0.1, -0.05) is 12.1 Å². The summed E-state index contributed by atoms with van der Waals surface area (Å²) in [5.41, 5.74) is 0.312. The molecular formula is C22H31N3O5. The summed E-state index contributed by atoms with van der Waals surface area (Å²) in [5, 5.41) is 2.59. The second kappa shape index (κ2) is 10.7. The lowest BCUT2D eigenvalue weighted by Crippen LogP contribution is -2.50. The minimum absolute atomic E-state index is 0.0509. The predicted molar refractivity (Wildman–Crippen MR) is 114 cm³/mol. The molecular weight excluding hydrogens is 386 g/mol. The summed E-state index contributed by atoms with van der Waals surface area (Å²) in [6.07, 6.45) is 2.96. The first kappa shape index (κ1) is 23.3. The Morgan fingerprint density at radius 1 is 1.10 bits per heavy atom. The molecule has 0 aliphatic carbocycles. The van der Waals surface area contributed by atoms with Gasteiger partial charge in [0.2, 0.25) is 11.8 Å². The number of methoxy groups -OCH3 is 1. The fourth-order valence-electron chi connectivity index (χ4n) is 2.94. The van der Waals surface area contributed by atoms with Gasteiger partial charge in [-0.3, -0.25) is 9.59 Å². The largest absolute Gasteiger partial charge is 0.497 e. The van der Waals surface area contributed by atoms with Crippen molar-refractivity contribution in [2.24, 2.45) is 0 Å². The Kier molecular flexibility index (Phi) is 8.26. The van der Waals surface area contributed by atoms with E-state index in [0.717, 1.165) is 11.3 Å². The predicted octanol–water partition coefficient (Wildman–Crippen LogP) is 2.29.